The van der Waals surface area contributed by atoms with E-state index in [1.807, 2.05) is 0 Å². The van der Waals surface area contributed by atoms with Crippen molar-refractivity contribution in [3.05, 3.63) is 34.8 Å². The summed E-state index contributed by atoms with van der Waals surface area (Å²) in [7, 11) is -1.83. The van der Waals surface area contributed by atoms with E-state index in [9.17, 15) is 13.2 Å². The maximum absolute atomic E-state index is 12.0. The first-order chi connectivity index (χ1) is 10.9. The number of methoxy groups -OCH3 is 1. The fourth-order valence-electron chi connectivity index (χ4n) is 1.70. The highest BCUT2D eigenvalue weighted by Gasteiger charge is 2.10. The van der Waals surface area contributed by atoms with Crippen LogP contribution in [0.1, 0.15) is 15.4 Å². The van der Waals surface area contributed by atoms with Crippen molar-refractivity contribution in [1.29, 1.82) is 0 Å². The average Bonchev–Trinajstić information content (AvgIpc) is 2.92. The molecule has 2 aromatic rings. The zero-order valence-electron chi connectivity index (χ0n) is 12.6. The number of hydrogen-bond acceptors (Lipinski definition) is 7. The number of amides is 1. The Morgan fingerprint density at radius 2 is 2.13 bits per heavy atom. The van der Waals surface area contributed by atoms with Crippen LogP contribution in [-0.4, -0.2) is 44.4 Å². The second-order valence-electron chi connectivity index (χ2n) is 4.61. The fraction of sp³-hybridized carbons (Fsp3) is 0.308. The second kappa shape index (κ2) is 7.38. The molecule has 8 nitrogen and oxygen atoms in total. The lowest BCUT2D eigenvalue weighted by Gasteiger charge is -2.05. The fourth-order valence-corrected chi connectivity index (χ4v) is 3.27. The van der Waals surface area contributed by atoms with Gasteiger partial charge in [0.05, 0.1) is 13.4 Å². The summed E-state index contributed by atoms with van der Waals surface area (Å²) in [6.45, 7) is 0.365. The minimum absolute atomic E-state index is 0.210. The number of carbonyl (C=O) groups excluding carboxylic acids is 1. The van der Waals surface area contributed by atoms with E-state index < -0.39 is 10.0 Å². The summed E-state index contributed by atoms with van der Waals surface area (Å²) in [5.41, 5.74) is 0.501. The van der Waals surface area contributed by atoms with Crippen LogP contribution in [0.5, 0.6) is 5.75 Å². The SMILES string of the molecule is COc1cccc(C(=O)NCCc2nnc(NS(C)(=O)=O)s2)c1. The normalized spacial score (nSPS) is 11.0. The van der Waals surface area contributed by atoms with Gasteiger partial charge >= 0.3 is 0 Å². The van der Waals surface area contributed by atoms with E-state index in [0.717, 1.165) is 17.6 Å². The number of nitrogens with zero attached hydrogens (tertiary/aromatic N) is 2. The summed E-state index contributed by atoms with van der Waals surface area (Å²) in [4.78, 5) is 12.0. The highest BCUT2D eigenvalue weighted by molar-refractivity contribution is 7.92. The van der Waals surface area contributed by atoms with E-state index in [-0.39, 0.29) is 11.0 Å². The Morgan fingerprint density at radius 3 is 2.83 bits per heavy atom. The molecule has 23 heavy (non-hydrogen) atoms. The number of aromatic nitrogens is 2. The second-order valence-corrected chi connectivity index (χ2v) is 7.42. The number of sulfonamides is 1. The molecule has 1 amide bonds. The molecule has 0 saturated carbocycles. The van der Waals surface area contributed by atoms with E-state index in [4.69, 9.17) is 4.74 Å². The van der Waals surface area contributed by atoms with E-state index in [1.165, 1.54) is 7.11 Å². The Balaban J connectivity index is 1.86. The van der Waals surface area contributed by atoms with Crippen LogP contribution in [0.25, 0.3) is 0 Å². The van der Waals surface area contributed by atoms with Crippen LogP contribution < -0.4 is 14.8 Å². The number of ether oxygens (including phenoxy) is 1. The monoisotopic (exact) mass is 356 g/mol. The number of benzene rings is 1. The molecular weight excluding hydrogens is 340 g/mol. The molecule has 1 aromatic heterocycles. The Bertz CT molecular complexity index is 789. The van der Waals surface area contributed by atoms with Gasteiger partial charge in [0.15, 0.2) is 0 Å². The zero-order valence-corrected chi connectivity index (χ0v) is 14.2. The molecule has 0 spiro atoms. The summed E-state index contributed by atoms with van der Waals surface area (Å²) in [6.07, 6.45) is 1.50. The standard InChI is InChI=1S/C13H16N4O4S2/c1-21-10-5-3-4-9(8-10)12(18)14-7-6-11-15-16-13(22-11)17-23(2,19)20/h3-5,8H,6-7H2,1-2H3,(H,14,18)(H,16,17). The summed E-state index contributed by atoms with van der Waals surface area (Å²) >= 11 is 1.13. The largest absolute Gasteiger partial charge is 0.497 e. The highest BCUT2D eigenvalue weighted by Crippen LogP contribution is 2.16. The summed E-state index contributed by atoms with van der Waals surface area (Å²) < 4.78 is 29.5. The molecule has 0 saturated heterocycles. The zero-order chi connectivity index (χ0) is 16.9. The predicted octanol–water partition coefficient (Wildman–Crippen LogP) is 0.891. The third-order valence-electron chi connectivity index (χ3n) is 2.70. The van der Waals surface area contributed by atoms with Crippen LogP contribution in [0.15, 0.2) is 24.3 Å². The van der Waals surface area contributed by atoms with Gasteiger partial charge in [0.1, 0.15) is 10.8 Å². The number of nitrogens with one attached hydrogen (secondary N) is 2. The molecule has 0 fully saturated rings. The Hall–Kier alpha value is -2.20. The third kappa shape index (κ3) is 5.49. The quantitative estimate of drug-likeness (QED) is 0.762. The lowest BCUT2D eigenvalue weighted by atomic mass is 10.2. The molecule has 1 heterocycles. The summed E-state index contributed by atoms with van der Waals surface area (Å²) in [6, 6.07) is 6.83. The lowest BCUT2D eigenvalue weighted by Crippen LogP contribution is -2.25. The first-order valence-corrected chi connectivity index (χ1v) is 9.30. The number of rotatable bonds is 7. The third-order valence-corrected chi connectivity index (χ3v) is 4.29. The van der Waals surface area contributed by atoms with E-state index >= 15 is 0 Å². The molecule has 1 aromatic carbocycles. The van der Waals surface area contributed by atoms with Crippen molar-refractivity contribution in [3.8, 4) is 5.75 Å². The first kappa shape index (κ1) is 17.2. The van der Waals surface area contributed by atoms with E-state index in [0.29, 0.717) is 29.3 Å². The van der Waals surface area contributed by atoms with Crippen molar-refractivity contribution in [1.82, 2.24) is 15.5 Å². The van der Waals surface area contributed by atoms with Gasteiger partial charge in [-0.3, -0.25) is 9.52 Å². The summed E-state index contributed by atoms with van der Waals surface area (Å²) in [5, 5.41) is 11.2. The maximum Gasteiger partial charge on any atom is 0.251 e. The van der Waals surface area contributed by atoms with Crippen LogP contribution in [0.2, 0.25) is 0 Å². The smallest absolute Gasteiger partial charge is 0.251 e. The molecule has 124 valence electrons. The topological polar surface area (TPSA) is 110 Å². The molecule has 0 aliphatic heterocycles. The van der Waals surface area contributed by atoms with Crippen LogP contribution >= 0.6 is 11.3 Å². The van der Waals surface area contributed by atoms with Crippen LogP contribution in [0.3, 0.4) is 0 Å². The van der Waals surface area contributed by atoms with Crippen molar-refractivity contribution in [2.75, 3.05) is 24.6 Å². The van der Waals surface area contributed by atoms with Crippen molar-refractivity contribution < 1.29 is 17.9 Å². The molecule has 0 aliphatic rings. The summed E-state index contributed by atoms with van der Waals surface area (Å²) in [5.74, 6) is 0.390. The molecule has 0 bridgehead atoms. The first-order valence-electron chi connectivity index (χ1n) is 6.60. The number of hydrogen-bond donors (Lipinski definition) is 2. The lowest BCUT2D eigenvalue weighted by molar-refractivity contribution is 0.0953. The molecule has 0 unspecified atom stereocenters. The molecule has 2 N–H and O–H groups in total. The van der Waals surface area contributed by atoms with E-state index in [1.54, 1.807) is 24.3 Å². The minimum Gasteiger partial charge on any atom is -0.497 e. The van der Waals surface area contributed by atoms with Crippen LogP contribution in [0.4, 0.5) is 5.13 Å². The number of anilines is 1. The molecule has 10 heteroatoms. The molecule has 0 radical (unpaired) electrons. The van der Waals surface area contributed by atoms with Gasteiger partial charge in [0.2, 0.25) is 15.2 Å². The Labute approximate surface area is 137 Å². The van der Waals surface area contributed by atoms with Crippen LogP contribution in [-0.2, 0) is 16.4 Å². The van der Waals surface area contributed by atoms with Crippen molar-refractivity contribution in [3.63, 3.8) is 0 Å². The molecule has 0 atom stereocenters. The maximum atomic E-state index is 12.0. The van der Waals surface area contributed by atoms with Gasteiger partial charge < -0.3 is 10.1 Å². The van der Waals surface area contributed by atoms with Crippen molar-refractivity contribution >= 4 is 32.4 Å². The van der Waals surface area contributed by atoms with Gasteiger partial charge in [-0.1, -0.05) is 17.4 Å². The Kier molecular flexibility index (Phi) is 5.50. The van der Waals surface area contributed by atoms with Gasteiger partial charge in [0.25, 0.3) is 5.91 Å². The molecule has 0 aliphatic carbocycles. The van der Waals surface area contributed by atoms with Gasteiger partial charge in [-0.05, 0) is 18.2 Å². The molecular formula is C13H16N4O4S2. The predicted molar refractivity (Wildman–Crippen MR) is 87.4 cm³/mol. The van der Waals surface area contributed by atoms with Gasteiger partial charge in [0, 0.05) is 18.5 Å². The number of carbonyl (C=O) groups is 1. The average molecular weight is 356 g/mol. The highest BCUT2D eigenvalue weighted by atomic mass is 32.2. The van der Waals surface area contributed by atoms with Gasteiger partial charge in [-0.2, -0.15) is 0 Å². The Morgan fingerprint density at radius 1 is 1.35 bits per heavy atom. The van der Waals surface area contributed by atoms with Crippen LogP contribution in [0, 0.1) is 0 Å². The van der Waals surface area contributed by atoms with Crippen molar-refractivity contribution in [2.24, 2.45) is 0 Å². The minimum atomic E-state index is -3.36. The van der Waals surface area contributed by atoms with Gasteiger partial charge in [-0.25, -0.2) is 8.42 Å². The molecule has 2 rings (SSSR count). The van der Waals surface area contributed by atoms with Gasteiger partial charge in [-0.15, -0.1) is 10.2 Å². The van der Waals surface area contributed by atoms with E-state index in [2.05, 4.69) is 20.2 Å². The van der Waals surface area contributed by atoms with Crippen molar-refractivity contribution in [2.45, 2.75) is 6.42 Å².